The van der Waals surface area contributed by atoms with E-state index in [1.54, 1.807) is 16.2 Å². The van der Waals surface area contributed by atoms with Gasteiger partial charge in [0.1, 0.15) is 0 Å². The van der Waals surface area contributed by atoms with Crippen molar-refractivity contribution in [1.29, 1.82) is 0 Å². The van der Waals surface area contributed by atoms with E-state index < -0.39 is 5.97 Å². The van der Waals surface area contributed by atoms with E-state index in [1.165, 1.54) is 0 Å². The van der Waals surface area contributed by atoms with Gasteiger partial charge in [-0.1, -0.05) is 0 Å². The molecule has 0 saturated carbocycles. The van der Waals surface area contributed by atoms with Crippen molar-refractivity contribution in [3.63, 3.8) is 0 Å². The van der Waals surface area contributed by atoms with E-state index in [1.807, 2.05) is 12.1 Å². The SMILES string of the molecule is O=C(O)CC1CCN(C(=O)NCc2ccc(Br)s2)C1. The molecule has 7 heteroatoms. The second-order valence-corrected chi connectivity index (χ2v) is 7.11. The number of nitrogens with one attached hydrogen (secondary N) is 1. The van der Waals surface area contributed by atoms with Gasteiger partial charge in [-0.25, -0.2) is 4.79 Å². The molecule has 2 heterocycles. The molecule has 0 radical (unpaired) electrons. The summed E-state index contributed by atoms with van der Waals surface area (Å²) in [6, 6.07) is 3.80. The highest BCUT2D eigenvalue weighted by Crippen LogP contribution is 2.22. The fraction of sp³-hybridized carbons (Fsp3) is 0.500. The Morgan fingerprint density at radius 2 is 2.32 bits per heavy atom. The Kier molecular flexibility index (Phi) is 4.81. The van der Waals surface area contributed by atoms with Gasteiger partial charge in [0.05, 0.1) is 10.3 Å². The molecule has 1 aliphatic heterocycles. The maximum absolute atomic E-state index is 11.9. The van der Waals surface area contributed by atoms with Gasteiger partial charge in [0.25, 0.3) is 0 Å². The van der Waals surface area contributed by atoms with Crippen LogP contribution >= 0.6 is 27.3 Å². The van der Waals surface area contributed by atoms with Gasteiger partial charge in [0.15, 0.2) is 0 Å². The van der Waals surface area contributed by atoms with Gasteiger partial charge in [0, 0.05) is 24.4 Å². The number of hydrogen-bond donors (Lipinski definition) is 2. The Morgan fingerprint density at radius 3 is 2.95 bits per heavy atom. The third kappa shape index (κ3) is 4.21. The van der Waals surface area contributed by atoms with Gasteiger partial charge in [0.2, 0.25) is 0 Å². The zero-order valence-corrected chi connectivity index (χ0v) is 12.7. The van der Waals surface area contributed by atoms with Crippen molar-refractivity contribution in [1.82, 2.24) is 10.2 Å². The molecule has 104 valence electrons. The average Bonchev–Trinajstić information content (AvgIpc) is 2.95. The van der Waals surface area contributed by atoms with Crippen molar-refractivity contribution in [3.8, 4) is 0 Å². The number of amides is 2. The summed E-state index contributed by atoms with van der Waals surface area (Å²) >= 11 is 4.96. The Bertz CT molecular complexity index is 477. The van der Waals surface area contributed by atoms with Crippen molar-refractivity contribution >= 4 is 39.3 Å². The monoisotopic (exact) mass is 346 g/mol. The number of rotatable bonds is 4. The summed E-state index contributed by atoms with van der Waals surface area (Å²) in [5.74, 6) is -0.713. The molecule has 2 rings (SSSR count). The lowest BCUT2D eigenvalue weighted by Gasteiger charge is -2.16. The zero-order valence-electron chi connectivity index (χ0n) is 10.3. The van der Waals surface area contributed by atoms with Crippen LogP contribution in [0.15, 0.2) is 15.9 Å². The van der Waals surface area contributed by atoms with Crippen molar-refractivity contribution in [3.05, 3.63) is 20.8 Å². The summed E-state index contributed by atoms with van der Waals surface area (Å²) in [7, 11) is 0. The van der Waals surface area contributed by atoms with Crippen LogP contribution in [0, 0.1) is 5.92 Å². The van der Waals surface area contributed by atoms with E-state index in [2.05, 4.69) is 21.2 Å². The number of carbonyl (C=O) groups is 2. The Morgan fingerprint density at radius 1 is 1.53 bits per heavy atom. The highest BCUT2D eigenvalue weighted by molar-refractivity contribution is 9.11. The molecule has 0 aromatic carbocycles. The molecule has 1 atom stereocenters. The number of carboxylic acid groups (broad SMARTS) is 1. The topological polar surface area (TPSA) is 69.6 Å². The number of hydrogen-bond acceptors (Lipinski definition) is 3. The largest absolute Gasteiger partial charge is 0.481 e. The van der Waals surface area contributed by atoms with Gasteiger partial charge in [-0.05, 0) is 40.4 Å². The number of nitrogens with zero attached hydrogens (tertiary/aromatic N) is 1. The van der Waals surface area contributed by atoms with E-state index in [0.29, 0.717) is 19.6 Å². The van der Waals surface area contributed by atoms with Gasteiger partial charge in [-0.2, -0.15) is 0 Å². The first-order valence-corrected chi connectivity index (χ1v) is 7.64. The number of urea groups is 1. The van der Waals surface area contributed by atoms with E-state index in [9.17, 15) is 9.59 Å². The second kappa shape index (κ2) is 6.38. The number of likely N-dealkylation sites (tertiary alicyclic amines) is 1. The highest BCUT2D eigenvalue weighted by atomic mass is 79.9. The third-order valence-electron chi connectivity index (χ3n) is 3.08. The van der Waals surface area contributed by atoms with Crippen LogP contribution in [0.2, 0.25) is 0 Å². The molecular formula is C12H15BrN2O3S. The van der Waals surface area contributed by atoms with Gasteiger partial charge >= 0.3 is 12.0 Å². The number of halogens is 1. The molecular weight excluding hydrogens is 332 g/mol. The Balaban J connectivity index is 1.76. The van der Waals surface area contributed by atoms with Crippen LogP contribution in [0.1, 0.15) is 17.7 Å². The molecule has 2 N–H and O–H groups in total. The predicted octanol–water partition coefficient (Wildman–Crippen LogP) is 2.52. The Hall–Kier alpha value is -1.08. The van der Waals surface area contributed by atoms with Crippen LogP contribution in [-0.4, -0.2) is 35.1 Å². The minimum atomic E-state index is -0.796. The number of thiophene rings is 1. The molecule has 0 bridgehead atoms. The van der Waals surface area contributed by atoms with Crippen LogP contribution in [0.3, 0.4) is 0 Å². The van der Waals surface area contributed by atoms with Crippen LogP contribution in [-0.2, 0) is 11.3 Å². The lowest BCUT2D eigenvalue weighted by molar-refractivity contribution is -0.138. The van der Waals surface area contributed by atoms with Gasteiger partial charge < -0.3 is 15.3 Å². The van der Waals surface area contributed by atoms with Crippen molar-refractivity contribution in [2.24, 2.45) is 5.92 Å². The molecule has 1 unspecified atom stereocenters. The number of aliphatic carboxylic acids is 1. The second-order valence-electron chi connectivity index (χ2n) is 4.56. The molecule has 1 fully saturated rings. The molecule has 1 aromatic heterocycles. The molecule has 0 aliphatic carbocycles. The van der Waals surface area contributed by atoms with Crippen LogP contribution < -0.4 is 5.32 Å². The van der Waals surface area contributed by atoms with Crippen LogP contribution in [0.5, 0.6) is 0 Å². The summed E-state index contributed by atoms with van der Waals surface area (Å²) in [5.41, 5.74) is 0. The van der Waals surface area contributed by atoms with Crippen molar-refractivity contribution in [2.45, 2.75) is 19.4 Å². The first kappa shape index (κ1) is 14.3. The molecule has 1 aromatic rings. The standard InChI is InChI=1S/C12H15BrN2O3S/c13-10-2-1-9(19-10)6-14-12(18)15-4-3-8(7-15)5-11(16)17/h1-2,8H,3-7H2,(H,14,18)(H,16,17). The van der Waals surface area contributed by atoms with Crippen molar-refractivity contribution < 1.29 is 14.7 Å². The minimum Gasteiger partial charge on any atom is -0.481 e. The third-order valence-corrected chi connectivity index (χ3v) is 4.70. The Labute approximate surface area is 123 Å². The first-order chi connectivity index (χ1) is 9.04. The fourth-order valence-electron chi connectivity index (χ4n) is 2.15. The summed E-state index contributed by atoms with van der Waals surface area (Å²) in [4.78, 5) is 25.3. The number of carboxylic acids is 1. The maximum atomic E-state index is 11.9. The summed E-state index contributed by atoms with van der Waals surface area (Å²) < 4.78 is 1.04. The highest BCUT2D eigenvalue weighted by Gasteiger charge is 2.27. The summed E-state index contributed by atoms with van der Waals surface area (Å²) in [6.07, 6.45) is 0.909. The normalized spacial score (nSPS) is 18.6. The van der Waals surface area contributed by atoms with E-state index >= 15 is 0 Å². The predicted molar refractivity (Wildman–Crippen MR) is 76.2 cm³/mol. The molecule has 5 nitrogen and oxygen atoms in total. The molecule has 0 spiro atoms. The quantitative estimate of drug-likeness (QED) is 0.879. The molecule has 19 heavy (non-hydrogen) atoms. The molecule has 1 aliphatic rings. The van der Waals surface area contributed by atoms with Gasteiger partial charge in [-0.15, -0.1) is 11.3 Å². The van der Waals surface area contributed by atoms with E-state index in [-0.39, 0.29) is 18.4 Å². The van der Waals surface area contributed by atoms with E-state index in [0.717, 1.165) is 15.1 Å². The lowest BCUT2D eigenvalue weighted by atomic mass is 10.1. The summed E-state index contributed by atoms with van der Waals surface area (Å²) in [6.45, 7) is 1.68. The molecule has 2 amide bonds. The first-order valence-electron chi connectivity index (χ1n) is 6.03. The summed E-state index contributed by atoms with van der Waals surface area (Å²) in [5, 5.41) is 11.6. The smallest absolute Gasteiger partial charge is 0.317 e. The van der Waals surface area contributed by atoms with Gasteiger partial charge in [-0.3, -0.25) is 4.79 Å². The zero-order chi connectivity index (χ0) is 13.8. The van der Waals surface area contributed by atoms with Crippen LogP contribution in [0.25, 0.3) is 0 Å². The van der Waals surface area contributed by atoms with Crippen molar-refractivity contribution in [2.75, 3.05) is 13.1 Å². The maximum Gasteiger partial charge on any atom is 0.317 e. The molecule has 1 saturated heterocycles. The fourth-order valence-corrected chi connectivity index (χ4v) is 3.57. The number of carbonyl (C=O) groups excluding carboxylic acids is 1. The van der Waals surface area contributed by atoms with Crippen LogP contribution in [0.4, 0.5) is 4.79 Å². The average molecular weight is 347 g/mol. The van der Waals surface area contributed by atoms with E-state index in [4.69, 9.17) is 5.11 Å². The minimum absolute atomic E-state index is 0.0825. The lowest BCUT2D eigenvalue weighted by Crippen LogP contribution is -2.38.